The van der Waals surface area contributed by atoms with Gasteiger partial charge in [0.05, 0.1) is 59.6 Å². The third-order valence-electron chi connectivity index (χ3n) is 21.8. The summed E-state index contributed by atoms with van der Waals surface area (Å²) in [5.41, 5.74) is 10.3. The number of nitriles is 2. The van der Waals surface area contributed by atoms with E-state index in [0.29, 0.717) is 86.9 Å². The summed E-state index contributed by atoms with van der Waals surface area (Å²) >= 11 is 57.8. The van der Waals surface area contributed by atoms with Crippen molar-refractivity contribution in [3.63, 3.8) is 0 Å². The number of anilines is 1. The van der Waals surface area contributed by atoms with Crippen LogP contribution in [-0.4, -0.2) is 196 Å². The number of halogens is 8. The average molecular weight is 2370 g/mol. The number of rotatable bonds is 14. The third kappa shape index (κ3) is 30.5. The summed E-state index contributed by atoms with van der Waals surface area (Å²) in [6, 6.07) is 34.0. The molecule has 0 aliphatic carbocycles. The summed E-state index contributed by atoms with van der Waals surface area (Å²) in [5, 5.41) is 53.3. The molecule has 4 N–H and O–H groups in total. The van der Waals surface area contributed by atoms with Crippen LogP contribution >= 0.6 is 182 Å². The molecule has 0 atom stereocenters. The van der Waals surface area contributed by atoms with E-state index in [9.17, 15) is 20.0 Å². The number of aliphatic carboxylic acids is 1. The monoisotopic (exact) mass is 2370 g/mol. The number of piperazine rings is 2. The van der Waals surface area contributed by atoms with Gasteiger partial charge in [0, 0.05) is 248 Å². The zero-order chi connectivity index (χ0) is 81.7. The number of Topliss-reactive ketones (excluding diaryl/α,β-unsaturated/α-hetero) is 1. The number of fused-ring (bicyclic) bond motifs is 5. The van der Waals surface area contributed by atoms with Crippen molar-refractivity contribution >= 4 is 254 Å². The summed E-state index contributed by atoms with van der Waals surface area (Å²) in [6.45, 7) is 15.1. The van der Waals surface area contributed by atoms with E-state index in [4.69, 9.17) is 121 Å². The Balaban J connectivity index is 0.000000499. The number of alkyl halides is 3. The molecule has 6 aromatic heterocycles. The number of carbonyl (C=O) groups is 2. The molecule has 12 heterocycles. The van der Waals surface area contributed by atoms with Gasteiger partial charge in [-0.05, 0) is 250 Å². The zero-order valence-corrected chi connectivity index (χ0v) is 93.3. The molecule has 6 fully saturated rings. The molecule has 0 bridgehead atoms. The number of carboxylic acids is 1. The van der Waals surface area contributed by atoms with E-state index >= 15 is 0 Å². The van der Waals surface area contributed by atoms with Crippen molar-refractivity contribution in [2.45, 2.75) is 94.3 Å². The molecule has 0 spiro atoms. The van der Waals surface area contributed by atoms with E-state index in [1.807, 2.05) is 94.5 Å². The van der Waals surface area contributed by atoms with Crippen LogP contribution in [0.3, 0.4) is 0 Å². The van der Waals surface area contributed by atoms with E-state index in [0.717, 1.165) is 189 Å². The van der Waals surface area contributed by atoms with Gasteiger partial charge in [-0.25, -0.2) is 4.98 Å². The fourth-order valence-electron chi connectivity index (χ4n) is 15.0. The van der Waals surface area contributed by atoms with Crippen molar-refractivity contribution in [3.8, 4) is 12.1 Å². The standard InChI is InChI=1S/C21H24ClN3OS2.C15H14Cl2O2S.C14H12ClNOS.C14H13ClO3S.C10H6ClNS.C6H13N3S.C4H8Br2O.2CH4.K.Na.H2O.V.W.Y.H/c1-24-6-8-25(9-7-24)20-23-19(14-28-20)21(4-10-26-11-5-21)17-13-27-18-3-2-15(22)12-16(17)18;16-8-14(18)15(3-5-19-6-4-15)12-9-20-13-2-1-10(17)7-11(12)13;15-10-1-2-13-11(7-10)12(8-18-13)14(9-16)3-5-17-6-4-14;15-9-1-2-12-10(7-9)11(8-19-12)14(13(16)17)3-5-18-6-4-14;11-8-1-2-10-9(5-8)7(3-4-12)6-13-10;1-8-2-4-9(5-3-8)6(7)10;5-1-3-7-4-2-6;;;;;;;;;/h2-3,12-14H,4-11H2,1H3;1-2,7,9H,3-6,8H2;1-2,7-8H,3-6H2;1-2,7-8H,3-6H2,(H,16,17);1-2,5-6H,3H2;2-5H2,1H3,(H2,7,10);1-4H2;2*1H4;;;1H2;;;;/q;;;;;;;;;2*+1;;;;;-1/p-1. The first-order chi connectivity index (χ1) is 55.6. The Labute approximate surface area is 917 Å². The summed E-state index contributed by atoms with van der Waals surface area (Å²) in [7, 11) is 4.30. The number of nitrogens with zero attached hydrogens (tertiary/aromatic N) is 7. The van der Waals surface area contributed by atoms with Gasteiger partial charge in [-0.2, -0.15) is 10.5 Å². The van der Waals surface area contributed by atoms with Gasteiger partial charge >= 0.3 is 86.9 Å². The van der Waals surface area contributed by atoms with E-state index in [1.54, 1.807) is 68.0 Å². The molecule has 123 heavy (non-hydrogen) atoms. The van der Waals surface area contributed by atoms with Gasteiger partial charge in [0.15, 0.2) is 16.0 Å². The van der Waals surface area contributed by atoms with Gasteiger partial charge in [-0.1, -0.05) is 105 Å². The number of thiocarbonyl (C=S) groups is 1. The minimum Gasteiger partial charge on any atom is -1.00 e. The first kappa shape index (κ1) is 118. The maximum Gasteiger partial charge on any atom is 1.00 e. The van der Waals surface area contributed by atoms with Crippen LogP contribution in [0.2, 0.25) is 25.1 Å². The van der Waals surface area contributed by atoms with Crippen molar-refractivity contribution in [3.05, 3.63) is 182 Å². The molecular weight excluding hydrogens is 2270 g/mol. The third-order valence-corrected chi connectivity index (χ3v) is 29.9. The van der Waals surface area contributed by atoms with Gasteiger partial charge in [0.2, 0.25) is 0 Å². The number of ether oxygens (including phenoxy) is 5. The molecule has 6 aliphatic heterocycles. The Bertz CT molecular complexity index is 5190. The van der Waals surface area contributed by atoms with E-state index in [1.165, 1.54) is 30.7 Å². The maximum atomic E-state index is 12.5. The largest absolute Gasteiger partial charge is 1.00 e. The molecule has 6 saturated heterocycles. The molecule has 37 heteroatoms. The molecule has 0 amide bonds. The Morgan fingerprint density at radius 3 is 1.33 bits per heavy atom. The Kier molecular flexibility index (Phi) is 55.6. The number of aromatic nitrogens is 1. The smallest absolute Gasteiger partial charge is 1.00 e. The van der Waals surface area contributed by atoms with Crippen LogP contribution in [0.1, 0.15) is 101 Å². The summed E-state index contributed by atoms with van der Waals surface area (Å²) in [5.74, 6) is -0.643. The first-order valence-corrected chi connectivity index (χ1v) is 48.1. The maximum absolute atomic E-state index is 12.5. The van der Waals surface area contributed by atoms with Gasteiger partial charge in [-0.15, -0.1) is 79.6 Å². The number of hydrogen-bond acceptors (Lipinski definition) is 21. The fourth-order valence-corrected chi connectivity index (χ4v) is 22.9. The molecule has 0 unspecified atom stereocenters. The van der Waals surface area contributed by atoms with Crippen LogP contribution in [0.15, 0.2) is 123 Å². The number of thiophene rings is 5. The molecule has 6 aliphatic rings. The van der Waals surface area contributed by atoms with Gasteiger partial charge in [0.1, 0.15) is 0 Å². The molecular formula is C86H100Br2Cl6KN8NaO9S7VWY. The average Bonchev–Trinajstić information content (AvgIpc) is 1.60. The van der Waals surface area contributed by atoms with Crippen LogP contribution in [0.4, 0.5) is 5.13 Å². The quantitative estimate of drug-likeness (QED) is 0.0446. The predicted molar refractivity (Wildman–Crippen MR) is 511 cm³/mol. The molecule has 0 saturated carbocycles. The fraction of sp³-hybridized carbons (Fsp3) is 0.442. The number of benzene rings is 5. The second-order valence-corrected chi connectivity index (χ2v) is 38.4. The van der Waals surface area contributed by atoms with Crippen LogP contribution < -0.4 is 91.6 Å². The van der Waals surface area contributed by atoms with Gasteiger partial charge in [0.25, 0.3) is 0 Å². The van der Waals surface area contributed by atoms with Crippen LogP contribution in [-0.2, 0) is 134 Å². The van der Waals surface area contributed by atoms with Crippen molar-refractivity contribution in [2.24, 2.45) is 5.73 Å². The molecule has 2 radical (unpaired) electrons. The van der Waals surface area contributed by atoms with E-state index in [-0.39, 0.29) is 192 Å². The minimum atomic E-state index is -0.832. The Hall–Kier alpha value is 0.533. The molecule has 5 aromatic carbocycles. The molecule has 652 valence electrons. The summed E-state index contributed by atoms with van der Waals surface area (Å²) in [4.78, 5) is 38.6. The van der Waals surface area contributed by atoms with Crippen molar-refractivity contribution in [1.82, 2.24) is 19.7 Å². The number of hydrogen-bond donors (Lipinski definition) is 2. The Morgan fingerprint density at radius 1 is 0.561 bits per heavy atom. The van der Waals surface area contributed by atoms with Crippen molar-refractivity contribution < 1.29 is 199 Å². The number of carboxylic acid groups (broad SMARTS) is 1. The van der Waals surface area contributed by atoms with Crippen LogP contribution in [0.25, 0.3) is 50.4 Å². The second-order valence-electron chi connectivity index (χ2n) is 28.6. The van der Waals surface area contributed by atoms with Crippen LogP contribution in [0.5, 0.6) is 0 Å². The van der Waals surface area contributed by atoms with Gasteiger partial charge < -0.3 is 61.0 Å². The van der Waals surface area contributed by atoms with Crippen LogP contribution in [0, 0.1) is 22.7 Å². The normalized spacial score (nSPS) is 16.6. The Morgan fingerprint density at radius 2 is 0.919 bits per heavy atom. The van der Waals surface area contributed by atoms with E-state index in [2.05, 4.69) is 106 Å². The van der Waals surface area contributed by atoms with Crippen molar-refractivity contribution in [1.29, 1.82) is 10.5 Å². The SMILES string of the molecule is BrCCOCCBr.C.C.CN1CCN(C(N)=S)CC1.CN1CCN(c2nc(C3(c4csc5ccc(Cl)cc45)CCOCC3)cs2)CC1.N#CC1(c2csc3ccc(Cl)cc23)CCOCC1.N#CCc1csc2ccc(Cl)cc12.O=C(CCl)C1(c2csc3ccc(Cl)cc23)CCOCC1.O=C(O)C1(c2csc3ccc(Cl)cc23)CCOCC1.[H-].[K+].[Na+].[OH-].[V].[W].[Y]. The number of carbonyl (C=O) groups excluding carboxylic acids is 1. The zero-order valence-electron chi connectivity index (χ0n) is 68.6. The number of likely N-dealkylation sites (N-methyl/N-ethyl adjacent to an activating group) is 2. The summed E-state index contributed by atoms with van der Waals surface area (Å²) < 4.78 is 32.8. The predicted octanol–water partition coefficient (Wildman–Crippen LogP) is 17.2. The number of thiazole rings is 1. The molecule has 17 nitrogen and oxygen atoms in total. The number of nitrogens with two attached hydrogens (primary N) is 1. The summed E-state index contributed by atoms with van der Waals surface area (Å²) in [6.07, 6.45) is 6.34. The van der Waals surface area contributed by atoms with Gasteiger partial charge in [-0.3, -0.25) is 9.59 Å². The second kappa shape index (κ2) is 58.1. The minimum absolute atomic E-state index is 0. The van der Waals surface area contributed by atoms with E-state index < -0.39 is 22.2 Å². The number of ketones is 1. The first-order valence-electron chi connectivity index (χ1n) is 37.7. The molecule has 11 aromatic rings. The topological polar surface area (TPSA) is 230 Å². The van der Waals surface area contributed by atoms with Crippen molar-refractivity contribution in [2.75, 3.05) is 154 Å². The molecule has 17 rings (SSSR count).